The molecule has 1 heterocycles. The van der Waals surface area contributed by atoms with E-state index in [0.29, 0.717) is 27.5 Å². The van der Waals surface area contributed by atoms with Gasteiger partial charge in [0.05, 0.1) is 9.75 Å². The topological polar surface area (TPSA) is 75.3 Å². The van der Waals surface area contributed by atoms with E-state index in [1.54, 1.807) is 36.4 Å². The van der Waals surface area contributed by atoms with Crippen LogP contribution in [-0.4, -0.2) is 24.1 Å². The molecule has 0 spiro atoms. The van der Waals surface area contributed by atoms with Gasteiger partial charge in [-0.3, -0.25) is 14.4 Å². The minimum Gasteiger partial charge on any atom is -0.352 e. The molecule has 0 aliphatic rings. The maximum absolute atomic E-state index is 12.1. The van der Waals surface area contributed by atoms with E-state index >= 15 is 0 Å². The lowest BCUT2D eigenvalue weighted by Gasteiger charge is -2.06. The van der Waals surface area contributed by atoms with Crippen molar-refractivity contribution in [2.75, 3.05) is 11.9 Å². The Bertz CT molecular complexity index is 722. The number of carbonyl (C=O) groups excluding carboxylic acids is 3. The first kappa shape index (κ1) is 15.9. The third-order valence-corrected chi connectivity index (χ3v) is 4.08. The lowest BCUT2D eigenvalue weighted by molar-refractivity contribution is 0.0953. The highest BCUT2D eigenvalue weighted by Gasteiger charge is 2.12. The monoisotopic (exact) mass is 316 g/mol. The summed E-state index contributed by atoms with van der Waals surface area (Å²) < 4.78 is 0. The van der Waals surface area contributed by atoms with Crippen LogP contribution in [0.15, 0.2) is 36.4 Å². The van der Waals surface area contributed by atoms with Crippen LogP contribution >= 0.6 is 11.3 Å². The van der Waals surface area contributed by atoms with E-state index in [-0.39, 0.29) is 17.6 Å². The van der Waals surface area contributed by atoms with Crippen molar-refractivity contribution in [2.45, 2.75) is 13.8 Å². The van der Waals surface area contributed by atoms with E-state index < -0.39 is 0 Å². The number of amides is 2. The molecule has 114 valence electrons. The van der Waals surface area contributed by atoms with Crippen LogP contribution in [0.2, 0.25) is 0 Å². The van der Waals surface area contributed by atoms with Gasteiger partial charge in [-0.1, -0.05) is 6.07 Å². The minimum absolute atomic E-state index is 0.0673. The molecule has 0 saturated carbocycles. The summed E-state index contributed by atoms with van der Waals surface area (Å²) in [6.45, 7) is 3.84. The maximum atomic E-state index is 12.1. The van der Waals surface area contributed by atoms with Crippen LogP contribution in [0.1, 0.15) is 43.5 Å². The molecule has 0 radical (unpaired) electrons. The highest BCUT2D eigenvalue weighted by molar-refractivity contribution is 7.16. The van der Waals surface area contributed by atoms with Crippen LogP contribution in [0.4, 0.5) is 5.69 Å². The molecule has 0 unspecified atom stereocenters. The van der Waals surface area contributed by atoms with Crippen molar-refractivity contribution >= 4 is 34.6 Å². The second-order valence-electron chi connectivity index (χ2n) is 4.61. The highest BCUT2D eigenvalue weighted by atomic mass is 32.1. The number of rotatable bonds is 5. The fraction of sp³-hybridized carbons (Fsp3) is 0.188. The van der Waals surface area contributed by atoms with Gasteiger partial charge in [-0.15, -0.1) is 11.3 Å². The number of hydrogen-bond acceptors (Lipinski definition) is 4. The first-order chi connectivity index (χ1) is 10.5. The Balaban J connectivity index is 2.12. The molecule has 6 heteroatoms. The molecule has 1 aromatic heterocycles. The van der Waals surface area contributed by atoms with E-state index in [1.807, 2.05) is 6.92 Å². The summed E-state index contributed by atoms with van der Waals surface area (Å²) in [6, 6.07) is 9.95. The number of Topliss-reactive ketones (excluding diaryl/α,β-unsaturated/α-hetero) is 1. The average Bonchev–Trinajstić information content (AvgIpc) is 2.98. The molecule has 0 bridgehead atoms. The standard InChI is InChI=1S/C16H16N2O3S/c1-3-17-15(20)11-5-4-6-12(9-11)18-16(21)14-8-7-13(22-14)10(2)19/h4-9H,3H2,1-2H3,(H,17,20)(H,18,21). The van der Waals surface area contributed by atoms with Crippen LogP contribution in [0.3, 0.4) is 0 Å². The summed E-state index contributed by atoms with van der Waals surface area (Å²) in [6.07, 6.45) is 0. The lowest BCUT2D eigenvalue weighted by atomic mass is 10.2. The third kappa shape index (κ3) is 3.79. The number of ketones is 1. The fourth-order valence-electron chi connectivity index (χ4n) is 1.84. The molecule has 2 N–H and O–H groups in total. The molecule has 1 aromatic carbocycles. The van der Waals surface area contributed by atoms with Gasteiger partial charge in [0.2, 0.25) is 0 Å². The Morgan fingerprint density at radius 3 is 2.41 bits per heavy atom. The summed E-state index contributed by atoms with van der Waals surface area (Å²) >= 11 is 1.15. The molecule has 2 aromatic rings. The molecule has 5 nitrogen and oxygen atoms in total. The van der Waals surface area contributed by atoms with E-state index in [4.69, 9.17) is 0 Å². The molecule has 0 fully saturated rings. The smallest absolute Gasteiger partial charge is 0.265 e. The van der Waals surface area contributed by atoms with Crippen molar-refractivity contribution in [1.29, 1.82) is 0 Å². The van der Waals surface area contributed by atoms with Gasteiger partial charge in [-0.25, -0.2) is 0 Å². The summed E-state index contributed by atoms with van der Waals surface area (Å²) in [5.74, 6) is -0.554. The zero-order valence-corrected chi connectivity index (χ0v) is 13.1. The van der Waals surface area contributed by atoms with Gasteiger partial charge < -0.3 is 10.6 Å². The van der Waals surface area contributed by atoms with Gasteiger partial charge in [0.25, 0.3) is 11.8 Å². The van der Waals surface area contributed by atoms with Crippen molar-refractivity contribution in [3.8, 4) is 0 Å². The van der Waals surface area contributed by atoms with Gasteiger partial charge >= 0.3 is 0 Å². The van der Waals surface area contributed by atoms with E-state index in [9.17, 15) is 14.4 Å². The number of thiophene rings is 1. The Morgan fingerprint density at radius 1 is 1.05 bits per heavy atom. The van der Waals surface area contributed by atoms with Crippen molar-refractivity contribution < 1.29 is 14.4 Å². The van der Waals surface area contributed by atoms with E-state index in [1.165, 1.54) is 6.92 Å². The lowest BCUT2D eigenvalue weighted by Crippen LogP contribution is -2.22. The maximum Gasteiger partial charge on any atom is 0.265 e. The minimum atomic E-state index is -0.300. The van der Waals surface area contributed by atoms with Crippen LogP contribution in [0.5, 0.6) is 0 Å². The number of nitrogens with one attached hydrogen (secondary N) is 2. The Hall–Kier alpha value is -2.47. The van der Waals surface area contributed by atoms with Crippen LogP contribution in [0.25, 0.3) is 0 Å². The van der Waals surface area contributed by atoms with Gasteiger partial charge in [0, 0.05) is 17.8 Å². The van der Waals surface area contributed by atoms with Crippen LogP contribution < -0.4 is 10.6 Å². The molecule has 2 amide bonds. The molecular formula is C16H16N2O3S. The zero-order valence-electron chi connectivity index (χ0n) is 12.3. The molecule has 0 aliphatic carbocycles. The Morgan fingerprint density at radius 2 is 1.77 bits per heavy atom. The third-order valence-electron chi connectivity index (χ3n) is 2.90. The summed E-state index contributed by atoms with van der Waals surface area (Å²) in [5.41, 5.74) is 1.02. The number of benzene rings is 1. The van der Waals surface area contributed by atoms with E-state index in [2.05, 4.69) is 10.6 Å². The summed E-state index contributed by atoms with van der Waals surface area (Å²) in [4.78, 5) is 36.2. The average molecular weight is 316 g/mol. The summed E-state index contributed by atoms with van der Waals surface area (Å²) in [5, 5.41) is 5.43. The van der Waals surface area contributed by atoms with Crippen LogP contribution in [-0.2, 0) is 0 Å². The van der Waals surface area contributed by atoms with Gasteiger partial charge in [-0.05, 0) is 44.2 Å². The number of carbonyl (C=O) groups is 3. The predicted octanol–water partition coefficient (Wildman–Crippen LogP) is 2.95. The largest absolute Gasteiger partial charge is 0.352 e. The quantitative estimate of drug-likeness (QED) is 0.833. The van der Waals surface area contributed by atoms with Crippen molar-refractivity contribution in [3.05, 3.63) is 51.7 Å². The fourth-order valence-corrected chi connectivity index (χ4v) is 2.64. The predicted molar refractivity (Wildman–Crippen MR) is 86.7 cm³/mol. The van der Waals surface area contributed by atoms with E-state index in [0.717, 1.165) is 11.3 Å². The number of hydrogen-bond donors (Lipinski definition) is 2. The Kier molecular flexibility index (Phi) is 5.06. The second kappa shape index (κ2) is 7.00. The van der Waals surface area contributed by atoms with Crippen molar-refractivity contribution in [1.82, 2.24) is 5.32 Å². The van der Waals surface area contributed by atoms with Gasteiger partial charge in [-0.2, -0.15) is 0 Å². The molecule has 0 saturated heterocycles. The Labute approximate surface area is 132 Å². The molecule has 0 aliphatic heterocycles. The number of anilines is 1. The SMILES string of the molecule is CCNC(=O)c1cccc(NC(=O)c2ccc(C(C)=O)s2)c1. The highest BCUT2D eigenvalue weighted by Crippen LogP contribution is 2.19. The second-order valence-corrected chi connectivity index (χ2v) is 5.70. The van der Waals surface area contributed by atoms with Crippen molar-refractivity contribution in [2.24, 2.45) is 0 Å². The molecule has 0 atom stereocenters. The summed E-state index contributed by atoms with van der Waals surface area (Å²) in [7, 11) is 0. The normalized spacial score (nSPS) is 10.1. The van der Waals surface area contributed by atoms with Gasteiger partial charge in [0.1, 0.15) is 0 Å². The first-order valence-electron chi connectivity index (χ1n) is 6.81. The zero-order chi connectivity index (χ0) is 16.1. The van der Waals surface area contributed by atoms with Gasteiger partial charge in [0.15, 0.2) is 5.78 Å². The van der Waals surface area contributed by atoms with Crippen LogP contribution in [0, 0.1) is 0 Å². The molecule has 2 rings (SSSR count). The molecular weight excluding hydrogens is 300 g/mol. The molecule has 22 heavy (non-hydrogen) atoms. The first-order valence-corrected chi connectivity index (χ1v) is 7.63. The van der Waals surface area contributed by atoms with Crippen molar-refractivity contribution in [3.63, 3.8) is 0 Å².